The molecule has 0 aromatic carbocycles. The van der Waals surface area contributed by atoms with Crippen molar-refractivity contribution < 1.29 is 4.74 Å². The Hall–Kier alpha value is -0.760. The third kappa shape index (κ3) is 1.18. The zero-order valence-corrected chi connectivity index (χ0v) is 6.77. The van der Waals surface area contributed by atoms with Crippen molar-refractivity contribution in [2.45, 2.75) is 12.8 Å². The number of hydrogen-bond acceptors (Lipinski definition) is 2. The second kappa shape index (κ2) is 2.70. The molecule has 0 saturated heterocycles. The number of halogens is 1. The smallest absolute Gasteiger partial charge is 0.159 e. The molecule has 58 valence electrons. The van der Waals surface area contributed by atoms with Crippen LogP contribution in [0.15, 0.2) is 12.3 Å². The van der Waals surface area contributed by atoms with Crippen molar-refractivity contribution in [1.82, 2.24) is 4.98 Å². The summed E-state index contributed by atoms with van der Waals surface area (Å²) in [6.07, 6.45) is 3.74. The lowest BCUT2D eigenvalue weighted by atomic mass is 10.2. The van der Waals surface area contributed by atoms with E-state index < -0.39 is 0 Å². The molecule has 0 amide bonds. The van der Waals surface area contributed by atoms with Gasteiger partial charge in [-0.15, -0.1) is 0 Å². The number of hydrogen-bond donors (Lipinski definition) is 0. The first-order valence-corrected chi connectivity index (χ1v) is 4.02. The Morgan fingerprint density at radius 3 is 3.27 bits per heavy atom. The molecule has 1 aliphatic heterocycles. The number of pyridine rings is 1. The Morgan fingerprint density at radius 2 is 2.45 bits per heavy atom. The zero-order chi connectivity index (χ0) is 7.68. The molecule has 2 heterocycles. The number of nitrogens with zero attached hydrogens (tertiary/aromatic N) is 1. The molecular weight excluding hydrogens is 162 g/mol. The van der Waals surface area contributed by atoms with E-state index in [-0.39, 0.29) is 0 Å². The van der Waals surface area contributed by atoms with Gasteiger partial charge in [0.15, 0.2) is 5.75 Å². The van der Waals surface area contributed by atoms with Crippen LogP contribution in [0, 0.1) is 0 Å². The molecule has 0 aliphatic carbocycles. The number of fused-ring (bicyclic) bond motifs is 1. The highest BCUT2D eigenvalue weighted by Crippen LogP contribution is 2.30. The number of aromatic nitrogens is 1. The molecule has 1 aromatic heterocycles. The summed E-state index contributed by atoms with van der Waals surface area (Å²) in [7, 11) is 0. The fraction of sp³-hybridized carbons (Fsp3) is 0.375. The molecule has 0 fully saturated rings. The predicted octanol–water partition coefficient (Wildman–Crippen LogP) is 2.06. The van der Waals surface area contributed by atoms with Crippen LogP contribution in [0.2, 0.25) is 5.02 Å². The van der Waals surface area contributed by atoms with E-state index in [9.17, 15) is 0 Å². The maximum Gasteiger partial charge on any atom is 0.159 e. The summed E-state index contributed by atoms with van der Waals surface area (Å²) < 4.78 is 5.36. The standard InChI is InChI=1S/C8H8ClNO/c9-6-3-4-10-7-2-1-5-11-8(6)7/h3-4H,1-2,5H2. The summed E-state index contributed by atoms with van der Waals surface area (Å²) in [5, 5.41) is 0.676. The fourth-order valence-electron chi connectivity index (χ4n) is 1.21. The van der Waals surface area contributed by atoms with Crippen LogP contribution in [0.25, 0.3) is 0 Å². The van der Waals surface area contributed by atoms with Crippen molar-refractivity contribution in [2.24, 2.45) is 0 Å². The Balaban J connectivity index is 2.49. The third-order valence-electron chi connectivity index (χ3n) is 1.73. The quantitative estimate of drug-likeness (QED) is 0.593. The average Bonchev–Trinajstić information content (AvgIpc) is 2.06. The highest BCUT2D eigenvalue weighted by Gasteiger charge is 2.13. The summed E-state index contributed by atoms with van der Waals surface area (Å²) >= 11 is 5.88. The lowest BCUT2D eigenvalue weighted by Gasteiger charge is -2.16. The summed E-state index contributed by atoms with van der Waals surface area (Å²) in [6.45, 7) is 0.762. The molecule has 0 N–H and O–H groups in total. The van der Waals surface area contributed by atoms with E-state index in [0.29, 0.717) is 5.02 Å². The molecule has 0 atom stereocenters. The van der Waals surface area contributed by atoms with Crippen molar-refractivity contribution in [3.05, 3.63) is 23.0 Å². The summed E-state index contributed by atoms with van der Waals surface area (Å²) in [5.74, 6) is 0.778. The molecule has 2 nitrogen and oxygen atoms in total. The van der Waals surface area contributed by atoms with Gasteiger partial charge in [0.25, 0.3) is 0 Å². The summed E-state index contributed by atoms with van der Waals surface area (Å²) in [5.41, 5.74) is 0.990. The Morgan fingerprint density at radius 1 is 1.55 bits per heavy atom. The topological polar surface area (TPSA) is 22.1 Å². The fourth-order valence-corrected chi connectivity index (χ4v) is 1.43. The van der Waals surface area contributed by atoms with Crippen LogP contribution >= 0.6 is 11.6 Å². The monoisotopic (exact) mass is 169 g/mol. The molecule has 1 aliphatic rings. The van der Waals surface area contributed by atoms with Gasteiger partial charge in [-0.05, 0) is 18.9 Å². The van der Waals surface area contributed by atoms with Crippen molar-refractivity contribution in [1.29, 1.82) is 0 Å². The lowest BCUT2D eigenvalue weighted by Crippen LogP contribution is -2.09. The highest BCUT2D eigenvalue weighted by atomic mass is 35.5. The van der Waals surface area contributed by atoms with Crippen LogP contribution in [-0.4, -0.2) is 11.6 Å². The summed E-state index contributed by atoms with van der Waals surface area (Å²) in [6, 6.07) is 1.76. The van der Waals surface area contributed by atoms with E-state index >= 15 is 0 Å². The maximum absolute atomic E-state index is 5.88. The van der Waals surface area contributed by atoms with Crippen LogP contribution < -0.4 is 4.74 Å². The first-order chi connectivity index (χ1) is 5.38. The van der Waals surface area contributed by atoms with Gasteiger partial charge < -0.3 is 4.74 Å². The van der Waals surface area contributed by atoms with Gasteiger partial charge in [0.1, 0.15) is 0 Å². The van der Waals surface area contributed by atoms with E-state index in [4.69, 9.17) is 16.3 Å². The molecule has 0 radical (unpaired) electrons. The molecule has 1 aromatic rings. The second-order valence-electron chi connectivity index (χ2n) is 2.52. The number of aryl methyl sites for hydroxylation is 1. The van der Waals surface area contributed by atoms with Gasteiger partial charge in [-0.25, -0.2) is 0 Å². The van der Waals surface area contributed by atoms with Gasteiger partial charge in [-0.1, -0.05) is 11.6 Å². The molecule has 2 rings (SSSR count). The van der Waals surface area contributed by atoms with Gasteiger partial charge in [0.05, 0.1) is 17.3 Å². The third-order valence-corrected chi connectivity index (χ3v) is 2.03. The van der Waals surface area contributed by atoms with Crippen molar-refractivity contribution in [3.8, 4) is 5.75 Å². The van der Waals surface area contributed by atoms with Crippen LogP contribution in [0.1, 0.15) is 12.1 Å². The van der Waals surface area contributed by atoms with Gasteiger partial charge in [-0.2, -0.15) is 0 Å². The predicted molar refractivity (Wildman–Crippen MR) is 43.1 cm³/mol. The van der Waals surface area contributed by atoms with E-state index in [1.807, 2.05) is 0 Å². The minimum atomic E-state index is 0.676. The van der Waals surface area contributed by atoms with E-state index in [0.717, 1.165) is 30.9 Å². The Bertz CT molecular complexity index is 275. The Labute approximate surface area is 70.2 Å². The number of rotatable bonds is 0. The minimum absolute atomic E-state index is 0.676. The van der Waals surface area contributed by atoms with Gasteiger partial charge >= 0.3 is 0 Å². The van der Waals surface area contributed by atoms with Crippen molar-refractivity contribution in [2.75, 3.05) is 6.61 Å². The SMILES string of the molecule is Clc1ccnc2c1OCCC2. The largest absolute Gasteiger partial charge is 0.490 e. The molecule has 0 unspecified atom stereocenters. The van der Waals surface area contributed by atoms with Gasteiger partial charge in [-0.3, -0.25) is 4.98 Å². The summed E-state index contributed by atoms with van der Waals surface area (Å²) in [4.78, 5) is 4.17. The van der Waals surface area contributed by atoms with Crippen LogP contribution in [0.3, 0.4) is 0 Å². The van der Waals surface area contributed by atoms with Crippen molar-refractivity contribution in [3.63, 3.8) is 0 Å². The van der Waals surface area contributed by atoms with Gasteiger partial charge in [0, 0.05) is 6.20 Å². The molecule has 11 heavy (non-hydrogen) atoms. The van der Waals surface area contributed by atoms with E-state index in [1.54, 1.807) is 12.3 Å². The van der Waals surface area contributed by atoms with Gasteiger partial charge in [0.2, 0.25) is 0 Å². The molecule has 0 bridgehead atoms. The number of ether oxygens (including phenoxy) is 1. The zero-order valence-electron chi connectivity index (χ0n) is 6.01. The van der Waals surface area contributed by atoms with Crippen molar-refractivity contribution >= 4 is 11.6 Å². The second-order valence-corrected chi connectivity index (χ2v) is 2.93. The molecule has 0 spiro atoms. The maximum atomic E-state index is 5.88. The molecule has 3 heteroatoms. The van der Waals surface area contributed by atoms with E-state index in [1.165, 1.54) is 0 Å². The normalized spacial score (nSPS) is 15.4. The van der Waals surface area contributed by atoms with Crippen LogP contribution in [0.5, 0.6) is 5.75 Å². The first kappa shape index (κ1) is 6.92. The first-order valence-electron chi connectivity index (χ1n) is 3.64. The van der Waals surface area contributed by atoms with E-state index in [2.05, 4.69) is 4.98 Å². The highest BCUT2D eigenvalue weighted by molar-refractivity contribution is 6.32. The minimum Gasteiger partial charge on any atom is -0.490 e. The Kier molecular flexibility index (Phi) is 1.70. The van der Waals surface area contributed by atoms with Crippen LogP contribution in [-0.2, 0) is 6.42 Å². The molecule has 0 saturated carbocycles. The average molecular weight is 170 g/mol. The molecular formula is C8H8ClNO. The van der Waals surface area contributed by atoms with Crippen LogP contribution in [0.4, 0.5) is 0 Å². The lowest BCUT2D eigenvalue weighted by molar-refractivity contribution is 0.285.